The van der Waals surface area contributed by atoms with Crippen LogP contribution in [0.5, 0.6) is 0 Å². The van der Waals surface area contributed by atoms with Gasteiger partial charge in [0.15, 0.2) is 0 Å². The molecule has 0 aromatic rings. The zero-order valence-corrected chi connectivity index (χ0v) is 24.2. The summed E-state index contributed by atoms with van der Waals surface area (Å²) in [4.78, 5) is 24.9. The Morgan fingerprint density at radius 2 is 1.75 bits per heavy atom. The van der Waals surface area contributed by atoms with Gasteiger partial charge in [-0.3, -0.25) is 4.79 Å². The Bertz CT molecular complexity index is 981. The van der Waals surface area contributed by atoms with Crippen LogP contribution in [0.4, 0.5) is 0 Å². The first-order valence-electron chi connectivity index (χ1n) is 14.8. The number of hydrogen-bond donors (Lipinski definition) is 0. The Kier molecular flexibility index (Phi) is 6.00. The molecule has 5 fully saturated rings. The number of fused-ring (bicyclic) bond motifs is 2. The third-order valence-electron chi connectivity index (χ3n) is 13.2. The van der Waals surface area contributed by atoms with Crippen molar-refractivity contribution in [2.75, 3.05) is 6.61 Å². The lowest BCUT2D eigenvalue weighted by molar-refractivity contribution is -0.154. The minimum atomic E-state index is -0.233. The Morgan fingerprint density at radius 1 is 1.03 bits per heavy atom. The minimum absolute atomic E-state index is 0.0103. The molecule has 8 atom stereocenters. The van der Waals surface area contributed by atoms with Gasteiger partial charge in [-0.2, -0.15) is 0 Å². The number of carbonyl (C=O) groups excluding carboxylic acids is 2. The normalized spacial score (nSPS) is 47.8. The van der Waals surface area contributed by atoms with Crippen LogP contribution in [0, 0.1) is 39.4 Å². The number of esters is 1. The summed E-state index contributed by atoms with van der Waals surface area (Å²) >= 11 is 0. The van der Waals surface area contributed by atoms with Crippen molar-refractivity contribution in [3.8, 4) is 0 Å². The molecule has 1 aliphatic heterocycles. The van der Waals surface area contributed by atoms with Crippen LogP contribution in [0.3, 0.4) is 0 Å². The van der Waals surface area contributed by atoms with E-state index in [9.17, 15) is 9.59 Å². The molecule has 0 N–H and O–H groups in total. The summed E-state index contributed by atoms with van der Waals surface area (Å²) in [6.45, 7) is 18.7. The zero-order valence-electron chi connectivity index (χ0n) is 24.2. The van der Waals surface area contributed by atoms with Crippen molar-refractivity contribution in [1.82, 2.24) is 0 Å². The lowest BCUT2D eigenvalue weighted by Crippen LogP contribution is -2.65. The summed E-state index contributed by atoms with van der Waals surface area (Å²) in [5.74, 6) is 2.01. The Hall–Kier alpha value is -1.16. The van der Waals surface area contributed by atoms with E-state index in [1.165, 1.54) is 19.3 Å². The standard InChI is InChI=1S/C32H50O4/c1-9-35-26(34)22(3)12-10-11-21(2)23-13-17-30(8)28(23,6)19-20-31-29(7)16-15-25(33)27(4,5)24(29)14-18-32(30,31)36-31/h12,21,23-24H,9-11,13-20H2,1-8H3/b22-12-/t21-,23-,24+,28-,29+,30-,31?,32?/m1/s1. The molecule has 1 saturated heterocycles. The molecule has 36 heavy (non-hydrogen) atoms. The molecule has 5 rings (SSSR count). The van der Waals surface area contributed by atoms with E-state index in [1.807, 2.05) is 13.8 Å². The average Bonchev–Trinajstić information content (AvgIpc) is 3.45. The molecule has 0 aromatic heterocycles. The monoisotopic (exact) mass is 498 g/mol. The number of rotatable bonds is 6. The Balaban J connectivity index is 1.36. The van der Waals surface area contributed by atoms with Crippen molar-refractivity contribution in [1.29, 1.82) is 0 Å². The average molecular weight is 499 g/mol. The Morgan fingerprint density at radius 3 is 2.44 bits per heavy atom. The van der Waals surface area contributed by atoms with Crippen molar-refractivity contribution in [3.63, 3.8) is 0 Å². The highest BCUT2D eigenvalue weighted by Gasteiger charge is 2.90. The van der Waals surface area contributed by atoms with Gasteiger partial charge >= 0.3 is 5.97 Å². The molecule has 1 heterocycles. The summed E-state index contributed by atoms with van der Waals surface area (Å²) in [6, 6.07) is 0. The lowest BCUT2D eigenvalue weighted by Gasteiger charge is -2.62. The third-order valence-corrected chi connectivity index (χ3v) is 13.2. The highest BCUT2D eigenvalue weighted by molar-refractivity contribution is 5.87. The Labute approximate surface area is 219 Å². The zero-order chi connectivity index (χ0) is 26.4. The van der Waals surface area contributed by atoms with E-state index in [0.29, 0.717) is 36.6 Å². The fraction of sp³-hybridized carbons (Fsp3) is 0.875. The first kappa shape index (κ1) is 26.4. The van der Waals surface area contributed by atoms with Crippen LogP contribution < -0.4 is 0 Å². The van der Waals surface area contributed by atoms with Crippen LogP contribution in [0.1, 0.15) is 120 Å². The molecule has 4 nitrogen and oxygen atoms in total. The fourth-order valence-electron chi connectivity index (χ4n) is 10.9. The van der Waals surface area contributed by atoms with Gasteiger partial charge in [-0.15, -0.1) is 0 Å². The SMILES string of the molecule is CCOC(=O)/C(C)=C\CC[C@@H](C)[C@H]1CC[C@@]2(C)C34CC[C@H]5C(C)(C)C(=O)CC[C@]5(C)C3(CC[C@]12C)O4. The molecular formula is C32H50O4. The van der Waals surface area contributed by atoms with Crippen LogP contribution in [-0.4, -0.2) is 29.6 Å². The fourth-order valence-corrected chi connectivity index (χ4v) is 10.9. The van der Waals surface area contributed by atoms with Gasteiger partial charge in [0.25, 0.3) is 0 Å². The molecule has 0 bridgehead atoms. The van der Waals surface area contributed by atoms with Crippen molar-refractivity contribution in [3.05, 3.63) is 11.6 Å². The van der Waals surface area contributed by atoms with Crippen molar-refractivity contribution < 1.29 is 19.1 Å². The largest absolute Gasteiger partial charge is 0.463 e. The number of ketones is 1. The second-order valence-corrected chi connectivity index (χ2v) is 14.5. The van der Waals surface area contributed by atoms with Crippen molar-refractivity contribution >= 4 is 11.8 Å². The molecule has 2 unspecified atom stereocenters. The van der Waals surface area contributed by atoms with E-state index in [1.54, 1.807) is 0 Å². The van der Waals surface area contributed by atoms with E-state index < -0.39 is 0 Å². The van der Waals surface area contributed by atoms with Gasteiger partial charge in [-0.05, 0) is 94.8 Å². The quantitative estimate of drug-likeness (QED) is 0.217. The predicted molar refractivity (Wildman–Crippen MR) is 142 cm³/mol. The van der Waals surface area contributed by atoms with Crippen LogP contribution in [-0.2, 0) is 19.1 Å². The van der Waals surface area contributed by atoms with Gasteiger partial charge in [0.1, 0.15) is 17.0 Å². The molecule has 0 amide bonds. The smallest absolute Gasteiger partial charge is 0.333 e. The maximum absolute atomic E-state index is 12.9. The number of epoxide rings is 1. The number of carbonyl (C=O) groups is 2. The van der Waals surface area contributed by atoms with E-state index >= 15 is 0 Å². The summed E-state index contributed by atoms with van der Waals surface area (Å²) in [6.07, 6.45) is 13.0. The lowest BCUT2D eigenvalue weighted by atomic mass is 9.38. The highest BCUT2D eigenvalue weighted by atomic mass is 16.6. The van der Waals surface area contributed by atoms with E-state index in [0.717, 1.165) is 44.1 Å². The van der Waals surface area contributed by atoms with Crippen LogP contribution in [0.25, 0.3) is 0 Å². The van der Waals surface area contributed by atoms with Gasteiger partial charge in [0, 0.05) is 28.2 Å². The maximum Gasteiger partial charge on any atom is 0.333 e. The minimum Gasteiger partial charge on any atom is -0.463 e. The molecule has 0 spiro atoms. The second-order valence-electron chi connectivity index (χ2n) is 14.5. The number of ether oxygens (including phenoxy) is 2. The molecule has 4 saturated carbocycles. The molecule has 0 radical (unpaired) electrons. The molecule has 4 aliphatic carbocycles. The van der Waals surface area contributed by atoms with Crippen LogP contribution in [0.15, 0.2) is 11.6 Å². The van der Waals surface area contributed by atoms with Gasteiger partial charge in [-0.25, -0.2) is 4.79 Å². The number of allylic oxidation sites excluding steroid dienone is 1. The first-order valence-corrected chi connectivity index (χ1v) is 14.8. The topological polar surface area (TPSA) is 55.9 Å². The highest BCUT2D eigenvalue weighted by Crippen LogP contribution is 2.86. The molecular weight excluding hydrogens is 448 g/mol. The van der Waals surface area contributed by atoms with Crippen LogP contribution >= 0.6 is 0 Å². The van der Waals surface area contributed by atoms with Gasteiger partial charge in [0.05, 0.1) is 6.61 Å². The van der Waals surface area contributed by atoms with E-state index in [2.05, 4.69) is 47.6 Å². The maximum atomic E-state index is 12.9. The first-order chi connectivity index (χ1) is 16.8. The summed E-state index contributed by atoms with van der Waals surface area (Å²) in [5.41, 5.74) is 1.02. The summed E-state index contributed by atoms with van der Waals surface area (Å²) < 4.78 is 12.4. The number of hydrogen-bond acceptors (Lipinski definition) is 4. The van der Waals surface area contributed by atoms with Crippen molar-refractivity contribution in [2.45, 2.75) is 131 Å². The molecule has 4 heteroatoms. The molecule has 202 valence electrons. The van der Waals surface area contributed by atoms with Crippen molar-refractivity contribution in [2.24, 2.45) is 39.4 Å². The number of Topliss-reactive ketones (excluding diaryl/α,β-unsaturated/α-hetero) is 1. The van der Waals surface area contributed by atoms with Gasteiger partial charge < -0.3 is 9.47 Å². The predicted octanol–water partition coefficient (Wildman–Crippen LogP) is 7.44. The summed E-state index contributed by atoms with van der Waals surface area (Å²) in [5, 5.41) is 0. The second kappa shape index (κ2) is 8.17. The van der Waals surface area contributed by atoms with Gasteiger partial charge in [-0.1, -0.05) is 47.6 Å². The molecule has 0 aromatic carbocycles. The van der Waals surface area contributed by atoms with E-state index in [-0.39, 0.29) is 38.8 Å². The van der Waals surface area contributed by atoms with Gasteiger partial charge in [0.2, 0.25) is 0 Å². The van der Waals surface area contributed by atoms with Crippen LogP contribution in [0.2, 0.25) is 0 Å². The summed E-state index contributed by atoms with van der Waals surface area (Å²) in [7, 11) is 0. The third kappa shape index (κ3) is 3.03. The van der Waals surface area contributed by atoms with E-state index in [4.69, 9.17) is 9.47 Å². The molecule has 5 aliphatic rings.